The number of nitriles is 1. The Morgan fingerprint density at radius 2 is 1.86 bits per heavy atom. The molecule has 29 heavy (non-hydrogen) atoms. The Morgan fingerprint density at radius 3 is 2.41 bits per heavy atom. The highest BCUT2D eigenvalue weighted by molar-refractivity contribution is 7.91. The first-order chi connectivity index (χ1) is 13.7. The molecule has 2 aliphatic heterocycles. The summed E-state index contributed by atoms with van der Waals surface area (Å²) in [5.74, 6) is -0.755. The van der Waals surface area contributed by atoms with Crippen molar-refractivity contribution in [3.63, 3.8) is 0 Å². The van der Waals surface area contributed by atoms with Gasteiger partial charge in [0, 0.05) is 5.57 Å². The van der Waals surface area contributed by atoms with E-state index in [0.717, 1.165) is 4.90 Å². The lowest BCUT2D eigenvalue weighted by Gasteiger charge is -2.31. The van der Waals surface area contributed by atoms with Gasteiger partial charge in [-0.15, -0.1) is 0 Å². The van der Waals surface area contributed by atoms with Crippen LogP contribution in [0, 0.1) is 11.3 Å². The average molecular weight is 416 g/mol. The summed E-state index contributed by atoms with van der Waals surface area (Å²) >= 11 is 0. The molecule has 1 fully saturated rings. The lowest BCUT2D eigenvalue weighted by Crippen LogP contribution is -2.49. The standard InChI is InChI=1S/C20H20N2O6S/c1-12-15(8-13-4-5-17(27-2)18(9-13)28-3)19(23)22(20(24)16(12)10-21)14-6-7-29(25,26)11-14/h4-5,8-9,14H,6-7,11H2,1-3H3/b15-8+/t14-/m0/s1. The molecule has 0 aromatic heterocycles. The Balaban J connectivity index is 2.09. The van der Waals surface area contributed by atoms with E-state index in [1.165, 1.54) is 21.1 Å². The van der Waals surface area contributed by atoms with Crippen molar-refractivity contribution >= 4 is 27.7 Å². The van der Waals surface area contributed by atoms with E-state index in [1.807, 2.05) is 6.07 Å². The number of methoxy groups -OCH3 is 2. The van der Waals surface area contributed by atoms with Gasteiger partial charge in [-0.25, -0.2) is 8.42 Å². The maximum Gasteiger partial charge on any atom is 0.271 e. The number of sulfone groups is 1. The van der Waals surface area contributed by atoms with E-state index in [-0.39, 0.29) is 34.6 Å². The SMILES string of the molecule is COc1ccc(/C=C2/C(=O)N([C@H]3CCS(=O)(=O)C3)C(=O)C(C#N)=C2C)cc1OC. The Kier molecular flexibility index (Phi) is 5.48. The number of ether oxygens (including phenoxy) is 2. The van der Waals surface area contributed by atoms with Gasteiger partial charge in [-0.2, -0.15) is 5.26 Å². The molecule has 9 heteroatoms. The molecule has 1 saturated heterocycles. The molecule has 2 amide bonds. The molecule has 1 aromatic carbocycles. The number of rotatable bonds is 4. The minimum atomic E-state index is -3.32. The summed E-state index contributed by atoms with van der Waals surface area (Å²) in [6.07, 6.45) is 1.72. The lowest BCUT2D eigenvalue weighted by molar-refractivity contribution is -0.142. The van der Waals surface area contributed by atoms with Crippen molar-refractivity contribution in [1.29, 1.82) is 5.26 Å². The maximum absolute atomic E-state index is 13.1. The number of nitrogens with zero attached hydrogens (tertiary/aromatic N) is 2. The smallest absolute Gasteiger partial charge is 0.271 e. The second kappa shape index (κ2) is 7.72. The number of amides is 2. The summed E-state index contributed by atoms with van der Waals surface area (Å²) in [7, 11) is -0.325. The van der Waals surface area contributed by atoms with Crippen LogP contribution in [0.1, 0.15) is 18.9 Å². The number of carbonyl (C=O) groups excluding carboxylic acids is 2. The summed E-state index contributed by atoms with van der Waals surface area (Å²) in [6, 6.07) is 6.13. The quantitative estimate of drug-likeness (QED) is 0.539. The van der Waals surface area contributed by atoms with Crippen molar-refractivity contribution in [1.82, 2.24) is 4.90 Å². The topological polar surface area (TPSA) is 114 Å². The van der Waals surface area contributed by atoms with Crippen LogP contribution in [0.4, 0.5) is 0 Å². The van der Waals surface area contributed by atoms with E-state index in [1.54, 1.807) is 24.3 Å². The van der Waals surface area contributed by atoms with Crippen LogP contribution in [0.3, 0.4) is 0 Å². The lowest BCUT2D eigenvalue weighted by atomic mass is 9.92. The highest BCUT2D eigenvalue weighted by Gasteiger charge is 2.43. The summed E-state index contributed by atoms with van der Waals surface area (Å²) in [5, 5.41) is 9.47. The van der Waals surface area contributed by atoms with Crippen LogP contribution < -0.4 is 9.47 Å². The fraction of sp³-hybridized carbons (Fsp3) is 0.350. The van der Waals surface area contributed by atoms with Gasteiger partial charge in [0.2, 0.25) is 0 Å². The molecule has 0 unspecified atom stereocenters. The first-order valence-corrected chi connectivity index (χ1v) is 10.7. The summed E-state index contributed by atoms with van der Waals surface area (Å²) in [5.41, 5.74) is 0.865. The molecular formula is C20H20N2O6S. The summed E-state index contributed by atoms with van der Waals surface area (Å²) in [4.78, 5) is 26.8. The number of hydrogen-bond acceptors (Lipinski definition) is 7. The monoisotopic (exact) mass is 416 g/mol. The van der Waals surface area contributed by atoms with E-state index >= 15 is 0 Å². The summed E-state index contributed by atoms with van der Waals surface area (Å²) < 4.78 is 34.2. The normalized spacial score (nSPS) is 22.8. The Morgan fingerprint density at radius 1 is 1.17 bits per heavy atom. The van der Waals surface area contributed by atoms with Crippen LogP contribution in [-0.4, -0.2) is 56.9 Å². The molecule has 0 saturated carbocycles. The van der Waals surface area contributed by atoms with E-state index in [9.17, 15) is 23.3 Å². The van der Waals surface area contributed by atoms with Crippen LogP contribution in [0.25, 0.3) is 6.08 Å². The fourth-order valence-corrected chi connectivity index (χ4v) is 5.22. The van der Waals surface area contributed by atoms with E-state index in [2.05, 4.69) is 0 Å². The number of hydrogen-bond donors (Lipinski definition) is 0. The highest BCUT2D eigenvalue weighted by atomic mass is 32.2. The fourth-order valence-electron chi connectivity index (χ4n) is 3.52. The predicted octanol–water partition coefficient (Wildman–Crippen LogP) is 1.48. The number of benzene rings is 1. The van der Waals surface area contributed by atoms with Crippen LogP contribution >= 0.6 is 0 Å². The van der Waals surface area contributed by atoms with Gasteiger partial charge in [-0.1, -0.05) is 6.07 Å². The zero-order valence-corrected chi connectivity index (χ0v) is 17.1. The second-order valence-corrected chi connectivity index (χ2v) is 9.05. The Bertz CT molecular complexity index is 1090. The minimum absolute atomic E-state index is 0.0892. The van der Waals surface area contributed by atoms with Gasteiger partial charge in [-0.3, -0.25) is 14.5 Å². The molecule has 1 atom stereocenters. The van der Waals surface area contributed by atoms with Crippen molar-refractivity contribution in [2.75, 3.05) is 25.7 Å². The third-order valence-electron chi connectivity index (χ3n) is 5.06. The molecule has 152 valence electrons. The average Bonchev–Trinajstić information content (AvgIpc) is 3.04. The molecular weight excluding hydrogens is 396 g/mol. The van der Waals surface area contributed by atoms with E-state index in [0.29, 0.717) is 17.1 Å². The summed E-state index contributed by atoms with van der Waals surface area (Å²) in [6.45, 7) is 1.53. The Labute approximate surface area is 168 Å². The highest BCUT2D eigenvalue weighted by Crippen LogP contribution is 2.33. The van der Waals surface area contributed by atoms with Crippen LogP contribution in [0.2, 0.25) is 0 Å². The number of carbonyl (C=O) groups is 2. The molecule has 8 nitrogen and oxygen atoms in total. The van der Waals surface area contributed by atoms with Gasteiger partial charge in [0.25, 0.3) is 11.8 Å². The van der Waals surface area contributed by atoms with Gasteiger partial charge in [0.15, 0.2) is 21.3 Å². The second-order valence-electron chi connectivity index (χ2n) is 6.82. The van der Waals surface area contributed by atoms with Crippen molar-refractivity contribution < 1.29 is 27.5 Å². The zero-order chi connectivity index (χ0) is 21.3. The van der Waals surface area contributed by atoms with Crippen LogP contribution in [0.15, 0.2) is 34.9 Å². The molecule has 2 aliphatic rings. The van der Waals surface area contributed by atoms with Crippen LogP contribution in [0.5, 0.6) is 11.5 Å². The van der Waals surface area contributed by atoms with Gasteiger partial charge in [0.05, 0.1) is 31.8 Å². The number of imide groups is 1. The van der Waals surface area contributed by atoms with E-state index in [4.69, 9.17) is 9.47 Å². The molecule has 0 bridgehead atoms. The first kappa shape index (κ1) is 20.6. The van der Waals surface area contributed by atoms with Crippen molar-refractivity contribution in [3.8, 4) is 17.6 Å². The molecule has 2 heterocycles. The zero-order valence-electron chi connectivity index (χ0n) is 16.3. The van der Waals surface area contributed by atoms with Crippen molar-refractivity contribution in [3.05, 3.63) is 40.5 Å². The third kappa shape index (κ3) is 3.76. The third-order valence-corrected chi connectivity index (χ3v) is 6.82. The van der Waals surface area contributed by atoms with Gasteiger partial charge < -0.3 is 9.47 Å². The molecule has 1 aromatic rings. The largest absolute Gasteiger partial charge is 0.493 e. The molecule has 0 radical (unpaired) electrons. The molecule has 0 N–H and O–H groups in total. The molecule has 0 spiro atoms. The van der Waals surface area contributed by atoms with Gasteiger partial charge >= 0.3 is 0 Å². The van der Waals surface area contributed by atoms with Crippen molar-refractivity contribution in [2.24, 2.45) is 0 Å². The molecule has 0 aliphatic carbocycles. The molecule has 3 rings (SSSR count). The van der Waals surface area contributed by atoms with Gasteiger partial charge in [-0.05, 0) is 42.7 Å². The first-order valence-electron chi connectivity index (χ1n) is 8.85. The predicted molar refractivity (Wildman–Crippen MR) is 105 cm³/mol. The Hall–Kier alpha value is -3.12. The maximum atomic E-state index is 13.1. The van der Waals surface area contributed by atoms with Crippen molar-refractivity contribution in [2.45, 2.75) is 19.4 Å². The minimum Gasteiger partial charge on any atom is -0.493 e. The van der Waals surface area contributed by atoms with E-state index < -0.39 is 27.7 Å². The van der Waals surface area contributed by atoms with Gasteiger partial charge in [0.1, 0.15) is 11.6 Å². The van der Waals surface area contributed by atoms with Crippen LogP contribution in [-0.2, 0) is 19.4 Å².